The van der Waals surface area contributed by atoms with Crippen molar-refractivity contribution in [1.29, 1.82) is 0 Å². The molecule has 0 aromatic carbocycles. The van der Waals surface area contributed by atoms with Gasteiger partial charge >= 0.3 is 5.97 Å². The summed E-state index contributed by atoms with van der Waals surface area (Å²) in [6.45, 7) is 2.97. The van der Waals surface area contributed by atoms with Gasteiger partial charge < -0.3 is 15.5 Å². The SMILES string of the molecule is CC1=C2C(=NC(C(=O)C3CCNCC3)=C2CC(=O)O)CC(F)=C1O. The quantitative estimate of drug-likeness (QED) is 0.732. The van der Waals surface area contributed by atoms with E-state index in [-0.39, 0.29) is 41.4 Å². The minimum absolute atomic E-state index is 0.121. The van der Waals surface area contributed by atoms with Gasteiger partial charge in [0, 0.05) is 29.1 Å². The largest absolute Gasteiger partial charge is 0.505 e. The van der Waals surface area contributed by atoms with Gasteiger partial charge in [0.15, 0.2) is 11.5 Å². The number of ketones is 1. The van der Waals surface area contributed by atoms with Gasteiger partial charge in [0.25, 0.3) is 0 Å². The van der Waals surface area contributed by atoms with Crippen molar-refractivity contribution in [2.75, 3.05) is 13.1 Å². The van der Waals surface area contributed by atoms with Crippen molar-refractivity contribution in [3.8, 4) is 0 Å². The Labute approximate surface area is 138 Å². The molecule has 3 N–H and O–H groups in total. The van der Waals surface area contributed by atoms with Crippen LogP contribution in [-0.4, -0.2) is 40.8 Å². The summed E-state index contributed by atoms with van der Waals surface area (Å²) < 4.78 is 13.8. The zero-order valence-corrected chi connectivity index (χ0v) is 13.4. The third-order valence-corrected chi connectivity index (χ3v) is 4.70. The Hall–Kier alpha value is -2.28. The number of piperidine rings is 1. The third-order valence-electron chi connectivity index (χ3n) is 4.70. The first kappa shape index (κ1) is 16.6. The molecule has 0 saturated carbocycles. The van der Waals surface area contributed by atoms with Gasteiger partial charge in [-0.3, -0.25) is 9.59 Å². The summed E-state index contributed by atoms with van der Waals surface area (Å²) >= 11 is 0. The summed E-state index contributed by atoms with van der Waals surface area (Å²) in [7, 11) is 0. The Morgan fingerprint density at radius 1 is 1.33 bits per heavy atom. The summed E-state index contributed by atoms with van der Waals surface area (Å²) in [4.78, 5) is 28.4. The predicted octanol–water partition coefficient (Wildman–Crippen LogP) is 2.20. The topological polar surface area (TPSA) is 99.0 Å². The molecule has 3 aliphatic rings. The van der Waals surface area contributed by atoms with Crippen LogP contribution in [0.25, 0.3) is 0 Å². The molecule has 1 fully saturated rings. The number of allylic oxidation sites excluding steroid dienone is 4. The van der Waals surface area contributed by atoms with Gasteiger partial charge in [0.2, 0.25) is 0 Å². The van der Waals surface area contributed by atoms with E-state index in [9.17, 15) is 24.2 Å². The van der Waals surface area contributed by atoms with Gasteiger partial charge in [-0.05, 0) is 32.9 Å². The monoisotopic (exact) mass is 334 g/mol. The maximum Gasteiger partial charge on any atom is 0.307 e. The van der Waals surface area contributed by atoms with E-state index in [4.69, 9.17) is 0 Å². The molecule has 0 unspecified atom stereocenters. The number of nitrogens with one attached hydrogen (secondary N) is 1. The number of aliphatic hydroxyl groups is 1. The van der Waals surface area contributed by atoms with E-state index in [1.807, 2.05) is 0 Å². The molecule has 0 spiro atoms. The number of carboxylic acid groups (broad SMARTS) is 1. The Morgan fingerprint density at radius 3 is 2.62 bits per heavy atom. The molecule has 128 valence electrons. The van der Waals surface area contributed by atoms with Crippen LogP contribution in [0.5, 0.6) is 0 Å². The first-order chi connectivity index (χ1) is 11.4. The summed E-state index contributed by atoms with van der Waals surface area (Å²) in [5.41, 5.74) is 1.39. The number of nitrogens with zero attached hydrogens (tertiary/aromatic N) is 1. The number of carboxylic acids is 1. The molecule has 6 nitrogen and oxygen atoms in total. The van der Waals surface area contributed by atoms with Crippen LogP contribution < -0.4 is 5.32 Å². The number of aliphatic imine (C=N–C) groups is 1. The number of hydrogen-bond acceptors (Lipinski definition) is 5. The maximum atomic E-state index is 13.8. The number of Topliss-reactive ketones (excluding diaryl/α,β-unsaturated/α-hetero) is 1. The second-order valence-electron chi connectivity index (χ2n) is 6.27. The molecule has 3 rings (SSSR count). The number of aliphatic carboxylic acids is 1. The third kappa shape index (κ3) is 2.80. The summed E-state index contributed by atoms with van der Waals surface area (Å²) in [6, 6.07) is 0. The van der Waals surface area contributed by atoms with Crippen molar-refractivity contribution >= 4 is 17.5 Å². The van der Waals surface area contributed by atoms with Crippen LogP contribution in [0.3, 0.4) is 0 Å². The molecule has 0 aromatic heterocycles. The molecule has 7 heteroatoms. The number of halogens is 1. The number of aliphatic hydroxyl groups excluding tert-OH is 1. The molecule has 2 heterocycles. The average Bonchev–Trinajstić information content (AvgIpc) is 2.90. The van der Waals surface area contributed by atoms with Crippen LogP contribution in [0.15, 0.2) is 39.0 Å². The molecule has 24 heavy (non-hydrogen) atoms. The lowest BCUT2D eigenvalue weighted by Gasteiger charge is -2.21. The Morgan fingerprint density at radius 2 is 2.00 bits per heavy atom. The Kier molecular flexibility index (Phi) is 4.36. The van der Waals surface area contributed by atoms with E-state index in [1.165, 1.54) is 6.92 Å². The molecule has 2 aliphatic heterocycles. The van der Waals surface area contributed by atoms with Crippen LogP contribution in [0.1, 0.15) is 32.6 Å². The highest BCUT2D eigenvalue weighted by Crippen LogP contribution is 2.40. The van der Waals surface area contributed by atoms with Crippen LogP contribution in [0.2, 0.25) is 0 Å². The highest BCUT2D eigenvalue weighted by atomic mass is 19.1. The van der Waals surface area contributed by atoms with Gasteiger partial charge in [-0.2, -0.15) is 0 Å². The molecule has 0 aromatic rings. The summed E-state index contributed by atoms with van der Waals surface area (Å²) in [5.74, 6) is -2.67. The molecule has 0 radical (unpaired) electrons. The maximum absolute atomic E-state index is 13.8. The fourth-order valence-electron chi connectivity index (χ4n) is 3.48. The van der Waals surface area contributed by atoms with Crippen LogP contribution in [0, 0.1) is 5.92 Å². The van der Waals surface area contributed by atoms with Gasteiger partial charge in [-0.1, -0.05) is 0 Å². The van der Waals surface area contributed by atoms with Crippen molar-refractivity contribution in [2.24, 2.45) is 10.9 Å². The first-order valence-corrected chi connectivity index (χ1v) is 7.97. The molecular formula is C17H19FN2O4. The zero-order chi connectivity index (χ0) is 17.4. The lowest BCUT2D eigenvalue weighted by atomic mass is 9.86. The van der Waals surface area contributed by atoms with Crippen molar-refractivity contribution < 1.29 is 24.2 Å². The Bertz CT molecular complexity index is 740. The second kappa shape index (κ2) is 6.32. The minimum Gasteiger partial charge on any atom is -0.505 e. The normalized spacial score (nSPS) is 22.0. The molecule has 1 saturated heterocycles. The lowest BCUT2D eigenvalue weighted by Crippen LogP contribution is -2.32. The van der Waals surface area contributed by atoms with Crippen LogP contribution >= 0.6 is 0 Å². The van der Waals surface area contributed by atoms with E-state index in [0.717, 1.165) is 13.1 Å². The summed E-state index contributed by atoms with van der Waals surface area (Å²) in [5, 5.41) is 22.2. The van der Waals surface area contributed by atoms with E-state index in [0.29, 0.717) is 24.1 Å². The van der Waals surface area contributed by atoms with Crippen molar-refractivity contribution in [2.45, 2.75) is 32.6 Å². The van der Waals surface area contributed by atoms with E-state index < -0.39 is 17.6 Å². The standard InChI is InChI=1S/C17H19FN2O4/c1-8-14-10(6-13(21)22)15(17(24)9-2-4-19-5-3-9)20-12(14)7-11(18)16(8)23/h9,19,23H,2-7H2,1H3,(H,21,22). The van der Waals surface area contributed by atoms with Crippen LogP contribution in [-0.2, 0) is 9.59 Å². The molecule has 0 atom stereocenters. The fraction of sp³-hybridized carbons (Fsp3) is 0.471. The molecular weight excluding hydrogens is 315 g/mol. The predicted molar refractivity (Wildman–Crippen MR) is 85.4 cm³/mol. The number of carbonyl (C=O) groups is 2. The Balaban J connectivity index is 2.05. The second-order valence-corrected chi connectivity index (χ2v) is 6.27. The zero-order valence-electron chi connectivity index (χ0n) is 13.4. The fourth-order valence-corrected chi connectivity index (χ4v) is 3.48. The first-order valence-electron chi connectivity index (χ1n) is 7.97. The molecule has 0 bridgehead atoms. The van der Waals surface area contributed by atoms with Crippen molar-refractivity contribution in [1.82, 2.24) is 5.32 Å². The highest BCUT2D eigenvalue weighted by Gasteiger charge is 2.37. The van der Waals surface area contributed by atoms with Crippen molar-refractivity contribution in [3.05, 3.63) is 34.0 Å². The van der Waals surface area contributed by atoms with E-state index >= 15 is 0 Å². The number of hydrogen-bond donors (Lipinski definition) is 3. The van der Waals surface area contributed by atoms with Crippen LogP contribution in [0.4, 0.5) is 4.39 Å². The van der Waals surface area contributed by atoms with Gasteiger partial charge in [0.05, 0.1) is 12.1 Å². The number of fused-ring (bicyclic) bond motifs is 1. The number of carbonyl (C=O) groups excluding carboxylic acids is 1. The smallest absolute Gasteiger partial charge is 0.307 e. The highest BCUT2D eigenvalue weighted by molar-refractivity contribution is 6.16. The summed E-state index contributed by atoms with van der Waals surface area (Å²) in [6.07, 6.45) is 0.748. The van der Waals surface area contributed by atoms with Gasteiger partial charge in [-0.25, -0.2) is 9.38 Å². The lowest BCUT2D eigenvalue weighted by molar-refractivity contribution is -0.136. The molecule has 0 amide bonds. The van der Waals surface area contributed by atoms with E-state index in [1.54, 1.807) is 0 Å². The number of rotatable bonds is 4. The van der Waals surface area contributed by atoms with Gasteiger partial charge in [-0.15, -0.1) is 0 Å². The van der Waals surface area contributed by atoms with E-state index in [2.05, 4.69) is 10.3 Å². The average molecular weight is 334 g/mol. The minimum atomic E-state index is -1.09. The van der Waals surface area contributed by atoms with Gasteiger partial charge in [0.1, 0.15) is 11.5 Å². The molecule has 1 aliphatic carbocycles. The van der Waals surface area contributed by atoms with Crippen molar-refractivity contribution in [3.63, 3.8) is 0 Å².